The molecule has 1 unspecified atom stereocenters. The Hall–Kier alpha value is -0.910. The van der Waals surface area contributed by atoms with E-state index in [-0.39, 0.29) is 5.92 Å². The Bertz CT molecular complexity index is 351. The monoisotopic (exact) mass is 242 g/mol. The first kappa shape index (κ1) is 12.2. The van der Waals surface area contributed by atoms with Crippen molar-refractivity contribution in [3.63, 3.8) is 0 Å². The minimum atomic E-state index is 0.0164. The summed E-state index contributed by atoms with van der Waals surface area (Å²) in [7, 11) is 0. The first-order valence-electron chi connectivity index (χ1n) is 4.75. The Morgan fingerprint density at radius 1 is 1.33 bits per heavy atom. The van der Waals surface area contributed by atoms with Crippen LogP contribution >= 0.6 is 23.2 Å². The number of nitrogens with one attached hydrogen (secondary N) is 1. The summed E-state index contributed by atoms with van der Waals surface area (Å²) in [5.74, 6) is 0.0164. The SMILES string of the molecule is CCC(C#N)CNc1cc(Cl)cc(Cl)c1. The third kappa shape index (κ3) is 3.99. The first-order valence-corrected chi connectivity index (χ1v) is 5.51. The molecule has 15 heavy (non-hydrogen) atoms. The van der Waals surface area contributed by atoms with Gasteiger partial charge in [-0.1, -0.05) is 30.1 Å². The normalized spacial score (nSPS) is 11.9. The van der Waals surface area contributed by atoms with Crippen LogP contribution in [0.5, 0.6) is 0 Å². The summed E-state index contributed by atoms with van der Waals surface area (Å²) >= 11 is 11.7. The number of nitriles is 1. The standard InChI is InChI=1S/C11H12Cl2N2/c1-2-8(6-14)7-15-11-4-9(12)3-10(13)5-11/h3-5,8,15H,2,7H2,1H3. The summed E-state index contributed by atoms with van der Waals surface area (Å²) in [6.07, 6.45) is 0.831. The summed E-state index contributed by atoms with van der Waals surface area (Å²) in [5.41, 5.74) is 0.848. The van der Waals surface area contributed by atoms with Crippen LogP contribution < -0.4 is 5.32 Å². The Morgan fingerprint density at radius 3 is 2.40 bits per heavy atom. The molecule has 1 aromatic rings. The molecule has 0 fully saturated rings. The number of hydrogen-bond donors (Lipinski definition) is 1. The van der Waals surface area contributed by atoms with Crippen LogP contribution in [-0.4, -0.2) is 6.54 Å². The third-order valence-corrected chi connectivity index (χ3v) is 2.53. The van der Waals surface area contributed by atoms with Crippen LogP contribution in [0.4, 0.5) is 5.69 Å². The number of halogens is 2. The maximum Gasteiger partial charge on any atom is 0.0674 e. The van der Waals surface area contributed by atoms with Gasteiger partial charge in [-0.05, 0) is 24.6 Å². The molecule has 0 bridgehead atoms. The van der Waals surface area contributed by atoms with Gasteiger partial charge in [-0.15, -0.1) is 0 Å². The van der Waals surface area contributed by atoms with Gasteiger partial charge >= 0.3 is 0 Å². The van der Waals surface area contributed by atoms with Crippen LogP contribution in [0.15, 0.2) is 18.2 Å². The highest BCUT2D eigenvalue weighted by molar-refractivity contribution is 6.35. The highest BCUT2D eigenvalue weighted by Crippen LogP contribution is 2.22. The highest BCUT2D eigenvalue weighted by atomic mass is 35.5. The van der Waals surface area contributed by atoms with E-state index >= 15 is 0 Å². The quantitative estimate of drug-likeness (QED) is 0.868. The molecule has 2 nitrogen and oxygen atoms in total. The van der Waals surface area contributed by atoms with Crippen LogP contribution in [0.1, 0.15) is 13.3 Å². The van der Waals surface area contributed by atoms with Gasteiger partial charge in [0, 0.05) is 22.3 Å². The fourth-order valence-corrected chi connectivity index (χ4v) is 1.70. The lowest BCUT2D eigenvalue weighted by Crippen LogP contribution is -2.11. The molecule has 1 aromatic carbocycles. The van der Waals surface area contributed by atoms with E-state index in [4.69, 9.17) is 28.5 Å². The van der Waals surface area contributed by atoms with Crippen molar-refractivity contribution >= 4 is 28.9 Å². The molecule has 1 N–H and O–H groups in total. The largest absolute Gasteiger partial charge is 0.384 e. The highest BCUT2D eigenvalue weighted by Gasteiger charge is 2.04. The zero-order valence-electron chi connectivity index (χ0n) is 8.43. The summed E-state index contributed by atoms with van der Waals surface area (Å²) in [5, 5.41) is 13.1. The molecule has 0 aliphatic carbocycles. The Balaban J connectivity index is 2.62. The van der Waals surface area contributed by atoms with Crippen LogP contribution in [0.25, 0.3) is 0 Å². The smallest absolute Gasteiger partial charge is 0.0674 e. The number of nitrogens with zero attached hydrogens (tertiary/aromatic N) is 1. The molecule has 0 spiro atoms. The molecule has 0 saturated carbocycles. The number of rotatable bonds is 4. The van der Waals surface area contributed by atoms with Crippen molar-refractivity contribution in [1.29, 1.82) is 5.26 Å². The van der Waals surface area contributed by atoms with Crippen LogP contribution in [0, 0.1) is 17.2 Å². The van der Waals surface area contributed by atoms with Crippen LogP contribution in [-0.2, 0) is 0 Å². The van der Waals surface area contributed by atoms with E-state index in [9.17, 15) is 0 Å². The Morgan fingerprint density at radius 2 is 1.93 bits per heavy atom. The lowest BCUT2D eigenvalue weighted by atomic mass is 10.1. The molecule has 1 atom stereocenters. The van der Waals surface area contributed by atoms with E-state index in [1.54, 1.807) is 18.2 Å². The minimum Gasteiger partial charge on any atom is -0.384 e. The van der Waals surface area contributed by atoms with E-state index in [1.807, 2.05) is 6.92 Å². The molecular formula is C11H12Cl2N2. The molecule has 0 aliphatic heterocycles. The lowest BCUT2D eigenvalue weighted by Gasteiger charge is -2.10. The fourth-order valence-electron chi connectivity index (χ4n) is 1.18. The third-order valence-electron chi connectivity index (χ3n) is 2.09. The van der Waals surface area contributed by atoms with Crippen molar-refractivity contribution in [2.24, 2.45) is 5.92 Å². The van der Waals surface area contributed by atoms with Gasteiger partial charge in [0.2, 0.25) is 0 Å². The Kier molecular flexibility index (Phi) is 4.74. The second kappa shape index (κ2) is 5.85. The maximum atomic E-state index is 8.77. The second-order valence-corrected chi connectivity index (χ2v) is 4.15. The average Bonchev–Trinajstić information content (AvgIpc) is 2.18. The fraction of sp³-hybridized carbons (Fsp3) is 0.364. The van der Waals surface area contributed by atoms with E-state index in [2.05, 4.69) is 11.4 Å². The zero-order chi connectivity index (χ0) is 11.3. The van der Waals surface area contributed by atoms with Crippen molar-refractivity contribution < 1.29 is 0 Å². The predicted octanol–water partition coefficient (Wildman–Crippen LogP) is 3.96. The predicted molar refractivity (Wildman–Crippen MR) is 64.3 cm³/mol. The number of anilines is 1. The van der Waals surface area contributed by atoms with Crippen molar-refractivity contribution in [2.75, 3.05) is 11.9 Å². The van der Waals surface area contributed by atoms with E-state index in [1.165, 1.54) is 0 Å². The summed E-state index contributed by atoms with van der Waals surface area (Å²) in [4.78, 5) is 0. The van der Waals surface area contributed by atoms with Gasteiger partial charge in [-0.3, -0.25) is 0 Å². The number of hydrogen-bond acceptors (Lipinski definition) is 2. The van der Waals surface area contributed by atoms with Crippen LogP contribution in [0.3, 0.4) is 0 Å². The van der Waals surface area contributed by atoms with Crippen molar-refractivity contribution in [3.05, 3.63) is 28.2 Å². The van der Waals surface area contributed by atoms with Crippen molar-refractivity contribution in [2.45, 2.75) is 13.3 Å². The molecule has 0 saturated heterocycles. The molecule has 4 heteroatoms. The minimum absolute atomic E-state index is 0.0164. The van der Waals surface area contributed by atoms with Gasteiger partial charge in [0.15, 0.2) is 0 Å². The molecule has 0 heterocycles. The zero-order valence-corrected chi connectivity index (χ0v) is 9.94. The average molecular weight is 243 g/mol. The Labute approximate surface area is 99.8 Å². The summed E-state index contributed by atoms with van der Waals surface area (Å²) < 4.78 is 0. The molecule has 1 rings (SSSR count). The molecular weight excluding hydrogens is 231 g/mol. The topological polar surface area (TPSA) is 35.8 Å². The van der Waals surface area contributed by atoms with Gasteiger partial charge in [-0.2, -0.15) is 5.26 Å². The van der Waals surface area contributed by atoms with Gasteiger partial charge in [0.05, 0.1) is 12.0 Å². The van der Waals surface area contributed by atoms with Gasteiger partial charge < -0.3 is 5.32 Å². The second-order valence-electron chi connectivity index (χ2n) is 3.27. The number of benzene rings is 1. The van der Waals surface area contributed by atoms with Crippen LogP contribution in [0.2, 0.25) is 10.0 Å². The summed E-state index contributed by atoms with van der Waals surface area (Å²) in [6.45, 7) is 2.60. The van der Waals surface area contributed by atoms with E-state index < -0.39 is 0 Å². The van der Waals surface area contributed by atoms with E-state index in [0.717, 1.165) is 12.1 Å². The summed E-state index contributed by atoms with van der Waals surface area (Å²) in [6, 6.07) is 7.48. The lowest BCUT2D eigenvalue weighted by molar-refractivity contribution is 0.674. The molecule has 0 amide bonds. The van der Waals surface area contributed by atoms with Gasteiger partial charge in [0.25, 0.3) is 0 Å². The molecule has 0 aliphatic rings. The van der Waals surface area contributed by atoms with Crippen molar-refractivity contribution in [1.82, 2.24) is 0 Å². The first-order chi connectivity index (χ1) is 7.15. The maximum absolute atomic E-state index is 8.77. The van der Waals surface area contributed by atoms with Gasteiger partial charge in [0.1, 0.15) is 0 Å². The molecule has 0 radical (unpaired) electrons. The molecule has 0 aromatic heterocycles. The van der Waals surface area contributed by atoms with E-state index in [0.29, 0.717) is 16.6 Å². The molecule has 80 valence electrons. The van der Waals surface area contributed by atoms with Gasteiger partial charge in [-0.25, -0.2) is 0 Å². The van der Waals surface area contributed by atoms with Crippen molar-refractivity contribution in [3.8, 4) is 6.07 Å².